The number of hydrogen-bond acceptors (Lipinski definition) is 7. The van der Waals surface area contributed by atoms with Gasteiger partial charge in [-0.3, -0.25) is 19.5 Å². The van der Waals surface area contributed by atoms with Crippen LogP contribution in [0.4, 0.5) is 10.1 Å². The number of ether oxygens (including phenoxy) is 2. The van der Waals surface area contributed by atoms with Crippen molar-refractivity contribution in [2.24, 2.45) is 0 Å². The molecule has 2 fully saturated rings. The van der Waals surface area contributed by atoms with Crippen molar-refractivity contribution in [2.45, 2.75) is 51.4 Å². The summed E-state index contributed by atoms with van der Waals surface area (Å²) in [7, 11) is 0. The maximum Gasteiger partial charge on any atom is 0.242 e. The van der Waals surface area contributed by atoms with Gasteiger partial charge in [0.2, 0.25) is 11.8 Å². The Balaban J connectivity index is 1.29. The molecule has 228 valence electrons. The average Bonchev–Trinajstić information content (AvgIpc) is 3.00. The van der Waals surface area contributed by atoms with E-state index >= 15 is 0 Å². The van der Waals surface area contributed by atoms with Crippen LogP contribution in [0.2, 0.25) is 0 Å². The van der Waals surface area contributed by atoms with Gasteiger partial charge in [-0.1, -0.05) is 42.0 Å². The summed E-state index contributed by atoms with van der Waals surface area (Å²) in [5.74, 6) is 0.235. The van der Waals surface area contributed by atoms with E-state index in [-0.39, 0.29) is 23.8 Å². The van der Waals surface area contributed by atoms with E-state index in [0.717, 1.165) is 61.6 Å². The summed E-state index contributed by atoms with van der Waals surface area (Å²) in [5, 5.41) is 3.63. The molecule has 6 rings (SSSR count). The van der Waals surface area contributed by atoms with Gasteiger partial charge in [0.15, 0.2) is 0 Å². The van der Waals surface area contributed by atoms with Crippen molar-refractivity contribution in [3.05, 3.63) is 88.9 Å². The average molecular weight is 588 g/mol. The Labute approximate surface area is 253 Å². The first-order valence-corrected chi connectivity index (χ1v) is 15.4. The van der Waals surface area contributed by atoms with Crippen LogP contribution in [0.15, 0.2) is 60.8 Å². The van der Waals surface area contributed by atoms with Crippen molar-refractivity contribution in [3.8, 4) is 5.88 Å². The third-order valence-corrected chi connectivity index (χ3v) is 8.91. The zero-order chi connectivity index (χ0) is 29.9. The van der Waals surface area contributed by atoms with E-state index in [1.807, 2.05) is 11.0 Å². The number of amides is 1. The molecule has 9 heteroatoms. The molecule has 2 aromatic carbocycles. The molecule has 1 N–H and O–H groups in total. The molecule has 8 nitrogen and oxygen atoms in total. The molecule has 43 heavy (non-hydrogen) atoms. The Bertz CT molecular complexity index is 1400. The Morgan fingerprint density at radius 3 is 2.60 bits per heavy atom. The number of carbonyl (C=O) groups excluding carboxylic acids is 1. The normalized spacial score (nSPS) is 24.8. The maximum atomic E-state index is 14.5. The Morgan fingerprint density at radius 1 is 1.05 bits per heavy atom. The first-order chi connectivity index (χ1) is 20.8. The monoisotopic (exact) mass is 587 g/mol. The standard InChI is InChI=1S/C34H42FN5O3/c1-23-4-8-28(9-5-23)32-22-43-34-31(15-27(16-37-34)14-26-6-10-29(35)11-7-26)40(32)33(41)20-39-18-24(2)36-17-30(39)19-38-12-13-42-21-25(38)3/h4-11,15-16,24-25,30,32,36H,12-14,17-22H2,1-3H3/t24-,25-,30-,32?/m1/s1. The molecular weight excluding hydrogens is 545 g/mol. The molecule has 3 aromatic rings. The number of pyridine rings is 1. The Morgan fingerprint density at radius 2 is 1.84 bits per heavy atom. The van der Waals surface area contributed by atoms with Crippen LogP contribution in [0.25, 0.3) is 0 Å². The number of rotatable bonds is 7. The lowest BCUT2D eigenvalue weighted by Crippen LogP contribution is -2.62. The molecule has 4 atom stereocenters. The topological polar surface area (TPSA) is 70.2 Å². The first kappa shape index (κ1) is 29.7. The zero-order valence-electron chi connectivity index (χ0n) is 25.3. The molecule has 0 aliphatic carbocycles. The van der Waals surface area contributed by atoms with Gasteiger partial charge in [-0.15, -0.1) is 0 Å². The molecular formula is C34H42FN5O3. The summed E-state index contributed by atoms with van der Waals surface area (Å²) in [6.45, 7) is 12.0. The summed E-state index contributed by atoms with van der Waals surface area (Å²) in [5.41, 5.74) is 4.79. The summed E-state index contributed by atoms with van der Waals surface area (Å²) >= 11 is 0. The maximum absolute atomic E-state index is 14.5. The van der Waals surface area contributed by atoms with Gasteiger partial charge in [0, 0.05) is 50.5 Å². The third kappa shape index (κ3) is 6.91. The minimum atomic E-state index is -0.276. The van der Waals surface area contributed by atoms with E-state index in [0.29, 0.717) is 43.2 Å². The Hall–Kier alpha value is -3.37. The highest BCUT2D eigenvalue weighted by Gasteiger charge is 2.38. The van der Waals surface area contributed by atoms with Crippen LogP contribution in [0.3, 0.4) is 0 Å². The third-order valence-electron chi connectivity index (χ3n) is 8.91. The van der Waals surface area contributed by atoms with Gasteiger partial charge in [0.1, 0.15) is 18.1 Å². The number of piperazine rings is 1. The molecule has 1 unspecified atom stereocenters. The number of carbonyl (C=O) groups is 1. The van der Waals surface area contributed by atoms with Gasteiger partial charge >= 0.3 is 0 Å². The summed E-state index contributed by atoms with van der Waals surface area (Å²) in [4.78, 5) is 25.9. The zero-order valence-corrected chi connectivity index (χ0v) is 25.3. The van der Waals surface area contributed by atoms with E-state index < -0.39 is 0 Å². The molecule has 3 aliphatic rings. The number of fused-ring (bicyclic) bond motifs is 1. The summed E-state index contributed by atoms with van der Waals surface area (Å²) < 4.78 is 25.4. The lowest BCUT2D eigenvalue weighted by molar-refractivity contribution is -0.122. The van der Waals surface area contributed by atoms with E-state index in [4.69, 9.17) is 9.47 Å². The van der Waals surface area contributed by atoms with Crippen LogP contribution < -0.4 is 15.0 Å². The Kier molecular flexibility index (Phi) is 9.04. The van der Waals surface area contributed by atoms with Crippen molar-refractivity contribution < 1.29 is 18.7 Å². The highest BCUT2D eigenvalue weighted by molar-refractivity contribution is 5.97. The van der Waals surface area contributed by atoms with Crippen LogP contribution in [-0.2, 0) is 16.0 Å². The van der Waals surface area contributed by atoms with Gasteiger partial charge in [-0.2, -0.15) is 0 Å². The number of aryl methyl sites for hydroxylation is 1. The molecule has 0 radical (unpaired) electrons. The van der Waals surface area contributed by atoms with Crippen LogP contribution in [-0.4, -0.2) is 91.4 Å². The molecule has 1 aromatic heterocycles. The molecule has 0 saturated carbocycles. The number of halogens is 1. The number of nitrogens with zero attached hydrogens (tertiary/aromatic N) is 4. The second-order valence-electron chi connectivity index (χ2n) is 12.3. The number of anilines is 1. The van der Waals surface area contributed by atoms with Crippen molar-refractivity contribution in [1.82, 2.24) is 20.1 Å². The number of benzene rings is 2. The fourth-order valence-corrected chi connectivity index (χ4v) is 6.40. The number of hydrogen-bond donors (Lipinski definition) is 1. The molecule has 0 spiro atoms. The second kappa shape index (κ2) is 13.1. The summed E-state index contributed by atoms with van der Waals surface area (Å²) in [6.07, 6.45) is 2.36. The SMILES string of the molecule is Cc1ccc(C2COc3ncc(Cc4ccc(F)cc4)cc3N2C(=O)CN2C[C@@H](C)NC[C@@H]2CN2CCOC[C@H]2C)cc1. The predicted molar refractivity (Wildman–Crippen MR) is 165 cm³/mol. The number of nitrogens with one attached hydrogen (secondary N) is 1. The van der Waals surface area contributed by atoms with Gasteiger partial charge in [-0.25, -0.2) is 9.37 Å². The highest BCUT2D eigenvalue weighted by Crippen LogP contribution is 2.39. The van der Waals surface area contributed by atoms with Crippen molar-refractivity contribution in [1.29, 1.82) is 0 Å². The molecule has 4 heterocycles. The second-order valence-corrected chi connectivity index (χ2v) is 12.3. The fraction of sp³-hybridized carbons (Fsp3) is 0.471. The quantitative estimate of drug-likeness (QED) is 0.449. The molecule has 3 aliphatic heterocycles. The smallest absolute Gasteiger partial charge is 0.242 e. The van der Waals surface area contributed by atoms with Gasteiger partial charge < -0.3 is 14.8 Å². The molecule has 2 saturated heterocycles. The van der Waals surface area contributed by atoms with Gasteiger partial charge in [0.25, 0.3) is 0 Å². The van der Waals surface area contributed by atoms with E-state index in [2.05, 4.69) is 65.1 Å². The van der Waals surface area contributed by atoms with Crippen molar-refractivity contribution in [2.75, 3.05) is 57.4 Å². The lowest BCUT2D eigenvalue weighted by Gasteiger charge is -2.44. The van der Waals surface area contributed by atoms with Crippen molar-refractivity contribution >= 4 is 11.6 Å². The summed E-state index contributed by atoms with van der Waals surface area (Å²) in [6, 6.07) is 17.4. The first-order valence-electron chi connectivity index (χ1n) is 15.4. The minimum Gasteiger partial charge on any atom is -0.474 e. The van der Waals surface area contributed by atoms with Crippen LogP contribution >= 0.6 is 0 Å². The lowest BCUT2D eigenvalue weighted by atomic mass is 10.0. The number of morpholine rings is 1. The molecule has 1 amide bonds. The minimum absolute atomic E-state index is 0.0324. The predicted octanol–water partition coefficient (Wildman–Crippen LogP) is 3.97. The fourth-order valence-electron chi connectivity index (χ4n) is 6.40. The molecule has 0 bridgehead atoms. The highest BCUT2D eigenvalue weighted by atomic mass is 19.1. The van der Waals surface area contributed by atoms with Gasteiger partial charge in [0.05, 0.1) is 25.8 Å². The largest absolute Gasteiger partial charge is 0.474 e. The number of aromatic nitrogens is 1. The van der Waals surface area contributed by atoms with Crippen LogP contribution in [0.1, 0.15) is 42.1 Å². The van der Waals surface area contributed by atoms with E-state index in [1.165, 1.54) is 12.1 Å². The van der Waals surface area contributed by atoms with Crippen LogP contribution in [0.5, 0.6) is 5.88 Å². The van der Waals surface area contributed by atoms with E-state index in [1.54, 1.807) is 18.3 Å². The van der Waals surface area contributed by atoms with E-state index in [9.17, 15) is 9.18 Å². The van der Waals surface area contributed by atoms with Crippen LogP contribution in [0, 0.1) is 12.7 Å². The van der Waals surface area contributed by atoms with Crippen molar-refractivity contribution in [3.63, 3.8) is 0 Å². The van der Waals surface area contributed by atoms with Gasteiger partial charge in [-0.05, 0) is 62.1 Å².